The molecule has 0 radical (unpaired) electrons. The van der Waals surface area contributed by atoms with Crippen LogP contribution in [0.25, 0.3) is 5.82 Å². The van der Waals surface area contributed by atoms with Crippen molar-refractivity contribution in [2.75, 3.05) is 17.3 Å². The molecule has 1 atom stereocenters. The SMILES string of the molecule is Cc1c(CC2(NC=O)Cc3cc(F)c(F)cc3C2)nn(-c2ccc(C#N)cn2)c1NC(=O)C[S+](C)[O-]. The molecule has 2 aromatic heterocycles. The number of nitriles is 1. The molecule has 0 saturated carbocycles. The molecule has 0 spiro atoms. The summed E-state index contributed by atoms with van der Waals surface area (Å²) in [5, 5.41) is 19.3. The van der Waals surface area contributed by atoms with Crippen LogP contribution in [0.4, 0.5) is 14.6 Å². The Kier molecular flexibility index (Phi) is 7.05. The number of fused-ring (bicyclic) bond motifs is 1. The van der Waals surface area contributed by atoms with E-state index in [1.165, 1.54) is 17.1 Å². The summed E-state index contributed by atoms with van der Waals surface area (Å²) in [5.74, 6) is -1.99. The van der Waals surface area contributed by atoms with Crippen LogP contribution in [0.1, 0.15) is 27.9 Å². The van der Waals surface area contributed by atoms with Gasteiger partial charge < -0.3 is 15.2 Å². The minimum atomic E-state index is -1.37. The van der Waals surface area contributed by atoms with Crippen molar-refractivity contribution in [1.82, 2.24) is 20.1 Å². The highest BCUT2D eigenvalue weighted by molar-refractivity contribution is 7.91. The zero-order valence-corrected chi connectivity index (χ0v) is 20.3. The lowest BCUT2D eigenvalue weighted by Crippen LogP contribution is -2.47. The predicted molar refractivity (Wildman–Crippen MR) is 128 cm³/mol. The number of aromatic nitrogens is 3. The van der Waals surface area contributed by atoms with Crippen molar-refractivity contribution in [2.45, 2.75) is 31.7 Å². The van der Waals surface area contributed by atoms with Gasteiger partial charge in [0.2, 0.25) is 6.41 Å². The van der Waals surface area contributed by atoms with E-state index in [0.717, 1.165) is 12.1 Å². The third-order valence-corrected chi connectivity index (χ3v) is 6.75. The van der Waals surface area contributed by atoms with Gasteiger partial charge in [-0.2, -0.15) is 15.0 Å². The molecule has 9 nitrogen and oxygen atoms in total. The largest absolute Gasteiger partial charge is 0.616 e. The average Bonchev–Trinajstić information content (AvgIpc) is 3.31. The minimum absolute atomic E-state index is 0.196. The normalized spacial score (nSPS) is 14.6. The Morgan fingerprint density at radius 3 is 2.50 bits per heavy atom. The molecule has 1 aliphatic carbocycles. The van der Waals surface area contributed by atoms with Gasteiger partial charge in [0, 0.05) is 18.2 Å². The lowest BCUT2D eigenvalue weighted by molar-refractivity contribution is -0.114. The van der Waals surface area contributed by atoms with Gasteiger partial charge in [-0.15, -0.1) is 0 Å². The molecule has 2 N–H and O–H groups in total. The number of nitrogens with zero attached hydrogens (tertiary/aromatic N) is 4. The molecule has 4 rings (SSSR count). The summed E-state index contributed by atoms with van der Waals surface area (Å²) in [5.41, 5.74) is 1.72. The summed E-state index contributed by atoms with van der Waals surface area (Å²) in [7, 11) is 0. The second-order valence-electron chi connectivity index (χ2n) is 8.72. The van der Waals surface area contributed by atoms with Crippen LogP contribution in [0.5, 0.6) is 0 Å². The first kappa shape index (κ1) is 25.3. The second-order valence-corrected chi connectivity index (χ2v) is 10.2. The summed E-state index contributed by atoms with van der Waals surface area (Å²) in [6.45, 7) is 1.73. The Labute approximate surface area is 208 Å². The van der Waals surface area contributed by atoms with Crippen molar-refractivity contribution >= 4 is 29.3 Å². The molecule has 12 heteroatoms. The average molecular weight is 513 g/mol. The van der Waals surface area contributed by atoms with Gasteiger partial charge in [-0.25, -0.2) is 13.8 Å². The lowest BCUT2D eigenvalue weighted by atomic mass is 9.89. The Bertz CT molecular complexity index is 1340. The Morgan fingerprint density at radius 1 is 1.31 bits per heavy atom. The Balaban J connectivity index is 1.74. The van der Waals surface area contributed by atoms with Crippen molar-refractivity contribution in [1.29, 1.82) is 5.26 Å². The second kappa shape index (κ2) is 10.0. The molecule has 1 aliphatic rings. The van der Waals surface area contributed by atoms with E-state index in [-0.39, 0.29) is 25.0 Å². The standard InChI is InChI=1S/C24H22F2N6O3S/c1-14-20(9-24(29-13-33)7-16-5-18(25)19(26)6-17(16)8-24)31-32(21-4-3-15(10-27)11-28-21)23(14)30-22(34)12-36(2)35/h3-6,11,13H,7-9,12H2,1-2H3,(H,29,33)(H,30,34). The van der Waals surface area contributed by atoms with E-state index >= 15 is 0 Å². The third-order valence-electron chi connectivity index (χ3n) is 6.08. The maximum absolute atomic E-state index is 13.8. The molecule has 186 valence electrons. The lowest BCUT2D eigenvalue weighted by Gasteiger charge is -2.28. The number of benzene rings is 1. The van der Waals surface area contributed by atoms with E-state index in [2.05, 4.69) is 20.7 Å². The number of rotatable bonds is 8. The van der Waals surface area contributed by atoms with Gasteiger partial charge in [0.15, 0.2) is 23.2 Å². The molecule has 1 aromatic carbocycles. The number of anilines is 1. The Hall–Kier alpha value is -3.82. The highest BCUT2D eigenvalue weighted by Crippen LogP contribution is 2.35. The molecule has 0 bridgehead atoms. The zero-order chi connectivity index (χ0) is 26.0. The van der Waals surface area contributed by atoms with Crippen LogP contribution in [-0.2, 0) is 40.0 Å². The fraction of sp³-hybridized carbons (Fsp3) is 0.292. The van der Waals surface area contributed by atoms with E-state index < -0.39 is 34.3 Å². The summed E-state index contributed by atoms with van der Waals surface area (Å²) in [4.78, 5) is 28.2. The maximum atomic E-state index is 13.8. The number of carbonyl (C=O) groups is 2. The molecule has 2 heterocycles. The van der Waals surface area contributed by atoms with Crippen molar-refractivity contribution < 1.29 is 22.9 Å². The minimum Gasteiger partial charge on any atom is -0.616 e. The van der Waals surface area contributed by atoms with Crippen LogP contribution in [0.3, 0.4) is 0 Å². The van der Waals surface area contributed by atoms with E-state index in [0.29, 0.717) is 46.0 Å². The number of nitrogens with one attached hydrogen (secondary N) is 2. The first-order valence-electron chi connectivity index (χ1n) is 10.9. The zero-order valence-electron chi connectivity index (χ0n) is 19.5. The van der Waals surface area contributed by atoms with Crippen molar-refractivity contribution in [3.63, 3.8) is 0 Å². The van der Waals surface area contributed by atoms with Crippen LogP contribution in [0.2, 0.25) is 0 Å². The quantitative estimate of drug-likeness (QED) is 0.349. The van der Waals surface area contributed by atoms with E-state index in [9.17, 15) is 22.9 Å². The number of amides is 2. The number of pyridine rings is 1. The monoisotopic (exact) mass is 512 g/mol. The summed E-state index contributed by atoms with van der Waals surface area (Å²) in [6.07, 6.45) is 4.04. The molecule has 0 aliphatic heterocycles. The van der Waals surface area contributed by atoms with Gasteiger partial charge in [0.25, 0.3) is 5.91 Å². The van der Waals surface area contributed by atoms with Crippen LogP contribution in [0, 0.1) is 29.9 Å². The van der Waals surface area contributed by atoms with Gasteiger partial charge in [-0.3, -0.25) is 9.59 Å². The molecule has 0 saturated heterocycles. The van der Waals surface area contributed by atoms with Crippen molar-refractivity contribution in [3.8, 4) is 11.9 Å². The first-order chi connectivity index (χ1) is 17.1. The number of hydrogen-bond donors (Lipinski definition) is 2. The highest BCUT2D eigenvalue weighted by atomic mass is 32.2. The molecule has 2 amide bonds. The molecule has 36 heavy (non-hydrogen) atoms. The molecule has 3 aromatic rings. The topological polar surface area (TPSA) is 136 Å². The van der Waals surface area contributed by atoms with Gasteiger partial charge in [0.05, 0.1) is 23.1 Å². The number of hydrogen-bond acceptors (Lipinski definition) is 6. The van der Waals surface area contributed by atoms with Crippen molar-refractivity contribution in [2.24, 2.45) is 0 Å². The first-order valence-corrected chi connectivity index (χ1v) is 12.6. The summed E-state index contributed by atoms with van der Waals surface area (Å²) in [6, 6.07) is 7.39. The van der Waals surface area contributed by atoms with Crippen LogP contribution >= 0.6 is 0 Å². The maximum Gasteiger partial charge on any atom is 0.275 e. The molecular weight excluding hydrogens is 490 g/mol. The molecule has 1 unspecified atom stereocenters. The van der Waals surface area contributed by atoms with Gasteiger partial charge in [0.1, 0.15) is 11.9 Å². The van der Waals surface area contributed by atoms with E-state index in [1.807, 2.05) is 6.07 Å². The van der Waals surface area contributed by atoms with Crippen LogP contribution in [0.15, 0.2) is 30.5 Å². The fourth-order valence-corrected chi connectivity index (χ4v) is 4.87. The Morgan fingerprint density at radius 2 is 1.97 bits per heavy atom. The predicted octanol–water partition coefficient (Wildman–Crippen LogP) is 1.87. The third kappa shape index (κ3) is 5.07. The molecular formula is C24H22F2N6O3S. The summed E-state index contributed by atoms with van der Waals surface area (Å²) >= 11 is -1.37. The smallest absolute Gasteiger partial charge is 0.275 e. The van der Waals surface area contributed by atoms with Gasteiger partial charge >= 0.3 is 0 Å². The van der Waals surface area contributed by atoms with E-state index in [1.54, 1.807) is 19.1 Å². The van der Waals surface area contributed by atoms with Gasteiger partial charge in [-0.05, 0) is 66.3 Å². The van der Waals surface area contributed by atoms with Crippen molar-refractivity contribution in [3.05, 3.63) is 70.0 Å². The number of carbonyl (C=O) groups excluding carboxylic acids is 2. The van der Waals surface area contributed by atoms with E-state index in [4.69, 9.17) is 5.26 Å². The molecule has 0 fully saturated rings. The van der Waals surface area contributed by atoms with Crippen LogP contribution < -0.4 is 10.6 Å². The summed E-state index contributed by atoms with van der Waals surface area (Å²) < 4.78 is 40.6. The van der Waals surface area contributed by atoms with Crippen LogP contribution in [-0.4, -0.2) is 49.2 Å². The van der Waals surface area contributed by atoms with Gasteiger partial charge in [-0.1, -0.05) is 0 Å². The number of halogens is 2. The highest BCUT2D eigenvalue weighted by Gasteiger charge is 2.39. The fourth-order valence-electron chi connectivity index (χ4n) is 4.43.